The van der Waals surface area contributed by atoms with Crippen molar-refractivity contribution in [3.05, 3.63) is 37.3 Å². The van der Waals surface area contributed by atoms with Gasteiger partial charge in [0.1, 0.15) is 5.69 Å². The van der Waals surface area contributed by atoms with E-state index in [0.717, 1.165) is 0 Å². The van der Waals surface area contributed by atoms with Gasteiger partial charge >= 0.3 is 5.09 Å². The van der Waals surface area contributed by atoms with Crippen molar-refractivity contribution in [1.29, 1.82) is 0 Å². The summed E-state index contributed by atoms with van der Waals surface area (Å²) in [6, 6.07) is 5.12. The lowest BCUT2D eigenvalue weighted by atomic mass is 10.3. The van der Waals surface area contributed by atoms with E-state index < -0.39 is 5.09 Å². The average molecular weight is 327 g/mol. The third-order valence-corrected chi connectivity index (χ3v) is 2.59. The second-order valence-corrected chi connectivity index (χ2v) is 3.91. The Kier molecular flexibility index (Phi) is 3.67. The van der Waals surface area contributed by atoms with E-state index in [1.807, 2.05) is 0 Å². The number of hydrazine groups is 1. The fourth-order valence-corrected chi connectivity index (χ4v) is 2.16. The number of hydrogen-bond acceptors (Lipinski definition) is 5. The first kappa shape index (κ1) is 11.2. The van der Waals surface area contributed by atoms with Gasteiger partial charge in [-0.1, -0.05) is 6.07 Å². The van der Waals surface area contributed by atoms with E-state index in [1.165, 1.54) is 0 Å². The largest absolute Gasteiger partial charge is 0.318 e. The molecule has 0 unspecified atom stereocenters. The molecular formula is C6H5Br2N3O3. The van der Waals surface area contributed by atoms with Crippen molar-refractivity contribution >= 4 is 37.5 Å². The Morgan fingerprint density at radius 3 is 2.36 bits per heavy atom. The number of para-hydroxylation sites is 1. The summed E-state index contributed by atoms with van der Waals surface area (Å²) < 4.78 is 1.16. The van der Waals surface area contributed by atoms with Crippen LogP contribution in [0.15, 0.2) is 27.1 Å². The van der Waals surface area contributed by atoms with Crippen LogP contribution < -0.4 is 11.0 Å². The number of halogens is 2. The molecule has 0 spiro atoms. The van der Waals surface area contributed by atoms with Gasteiger partial charge in [0, 0.05) is 8.95 Å². The van der Waals surface area contributed by atoms with Crippen molar-refractivity contribution in [2.24, 2.45) is 5.84 Å². The maximum Gasteiger partial charge on any atom is 0.318 e. The van der Waals surface area contributed by atoms with Gasteiger partial charge in [-0.3, -0.25) is 0 Å². The third-order valence-electron chi connectivity index (χ3n) is 1.31. The Bertz CT molecular complexity index is 340. The molecule has 0 radical (unpaired) electrons. The summed E-state index contributed by atoms with van der Waals surface area (Å²) in [5, 5.41) is 9.61. The van der Waals surface area contributed by atoms with Gasteiger partial charge in [0.15, 0.2) is 0 Å². The molecule has 76 valence electrons. The summed E-state index contributed by atoms with van der Waals surface area (Å²) in [6.07, 6.45) is 0. The van der Waals surface area contributed by atoms with Crippen molar-refractivity contribution in [1.82, 2.24) is 0 Å². The fourth-order valence-electron chi connectivity index (χ4n) is 0.812. The molecule has 0 aromatic heterocycles. The number of benzene rings is 1. The van der Waals surface area contributed by atoms with Gasteiger partial charge in [-0.2, -0.15) is 4.94 Å². The zero-order chi connectivity index (χ0) is 10.7. The summed E-state index contributed by atoms with van der Waals surface area (Å²) in [6.45, 7) is 0. The van der Waals surface area contributed by atoms with Crippen LogP contribution in [0.5, 0.6) is 0 Å². The lowest BCUT2D eigenvalue weighted by molar-refractivity contribution is -0.762. The normalized spacial score (nSPS) is 9.64. The summed E-state index contributed by atoms with van der Waals surface area (Å²) >= 11 is 6.37. The van der Waals surface area contributed by atoms with E-state index in [0.29, 0.717) is 19.8 Å². The Morgan fingerprint density at radius 1 is 1.43 bits per heavy atom. The predicted molar refractivity (Wildman–Crippen MR) is 56.6 cm³/mol. The molecule has 14 heavy (non-hydrogen) atoms. The van der Waals surface area contributed by atoms with E-state index in [4.69, 9.17) is 5.84 Å². The van der Waals surface area contributed by atoms with Crippen LogP contribution in [-0.2, 0) is 4.94 Å². The van der Waals surface area contributed by atoms with Crippen LogP contribution >= 0.6 is 31.9 Å². The number of nitrogens with two attached hydrogens (primary N) is 1. The van der Waals surface area contributed by atoms with Crippen molar-refractivity contribution in [2.45, 2.75) is 0 Å². The van der Waals surface area contributed by atoms with Crippen molar-refractivity contribution in [3.8, 4) is 0 Å². The quantitative estimate of drug-likeness (QED) is 0.522. The second-order valence-electron chi connectivity index (χ2n) is 2.20. The molecule has 2 N–H and O–H groups in total. The van der Waals surface area contributed by atoms with Crippen LogP contribution in [0.3, 0.4) is 0 Å². The topological polar surface area (TPSA) is 81.6 Å². The predicted octanol–water partition coefficient (Wildman–Crippen LogP) is 2.02. The molecule has 0 bridgehead atoms. The van der Waals surface area contributed by atoms with E-state index >= 15 is 0 Å². The van der Waals surface area contributed by atoms with Gasteiger partial charge in [-0.05, 0) is 44.0 Å². The highest BCUT2D eigenvalue weighted by atomic mass is 79.9. The van der Waals surface area contributed by atoms with Crippen LogP contribution in [0.25, 0.3) is 0 Å². The summed E-state index contributed by atoms with van der Waals surface area (Å²) in [7, 11) is 0. The molecule has 0 aliphatic rings. The molecule has 0 atom stereocenters. The Labute approximate surface area is 95.9 Å². The van der Waals surface area contributed by atoms with Crippen LogP contribution in [-0.4, -0.2) is 5.09 Å². The summed E-state index contributed by atoms with van der Waals surface area (Å²) in [4.78, 5) is 14.1. The number of nitrogens with zero attached hydrogens (tertiary/aromatic N) is 2. The van der Waals surface area contributed by atoms with E-state index in [1.54, 1.807) is 18.2 Å². The zero-order valence-corrected chi connectivity index (χ0v) is 9.86. The van der Waals surface area contributed by atoms with Crippen molar-refractivity contribution in [3.63, 3.8) is 0 Å². The summed E-state index contributed by atoms with van der Waals surface area (Å²) in [5.41, 5.74) is 0.337. The molecular weight excluding hydrogens is 322 g/mol. The van der Waals surface area contributed by atoms with E-state index in [9.17, 15) is 10.1 Å². The maximum atomic E-state index is 10.0. The monoisotopic (exact) mass is 325 g/mol. The first-order valence-electron chi connectivity index (χ1n) is 3.33. The number of anilines is 1. The minimum Gasteiger partial charge on any atom is -0.223 e. The Balaban J connectivity index is 2.99. The first-order valence-corrected chi connectivity index (χ1v) is 4.92. The standard InChI is InChI=1S/C6H5Br2N3O3/c7-4-2-1-3-5(8)6(4)10(9)14-11(12)13/h1-3H,9H2. The van der Waals surface area contributed by atoms with E-state index in [2.05, 4.69) is 36.8 Å². The molecule has 0 saturated heterocycles. The van der Waals surface area contributed by atoms with Gasteiger partial charge in [-0.15, -0.1) is 15.3 Å². The molecule has 8 heteroatoms. The zero-order valence-electron chi connectivity index (χ0n) is 6.68. The third kappa shape index (κ3) is 2.56. The van der Waals surface area contributed by atoms with Crippen LogP contribution in [0.1, 0.15) is 0 Å². The van der Waals surface area contributed by atoms with Crippen molar-refractivity contribution < 1.29 is 10.0 Å². The lowest BCUT2D eigenvalue weighted by Gasteiger charge is -2.16. The van der Waals surface area contributed by atoms with E-state index in [-0.39, 0.29) is 0 Å². The Morgan fingerprint density at radius 2 is 1.93 bits per heavy atom. The van der Waals surface area contributed by atoms with Gasteiger partial charge < -0.3 is 0 Å². The molecule has 0 aliphatic carbocycles. The highest BCUT2D eigenvalue weighted by molar-refractivity contribution is 9.11. The van der Waals surface area contributed by atoms with Crippen LogP contribution in [0, 0.1) is 10.1 Å². The lowest BCUT2D eigenvalue weighted by Crippen LogP contribution is -2.33. The molecule has 0 fully saturated rings. The van der Waals surface area contributed by atoms with Crippen LogP contribution in [0.2, 0.25) is 0 Å². The molecule has 1 aromatic carbocycles. The molecule has 0 heterocycles. The molecule has 0 aliphatic heterocycles. The smallest absolute Gasteiger partial charge is 0.223 e. The molecule has 6 nitrogen and oxygen atoms in total. The SMILES string of the molecule is NN(O[N+](=O)[O-])c1c(Br)cccc1Br. The molecule has 1 rings (SSSR count). The van der Waals surface area contributed by atoms with Crippen LogP contribution in [0.4, 0.5) is 5.69 Å². The fraction of sp³-hybridized carbons (Fsp3) is 0. The molecule has 0 saturated carbocycles. The number of rotatable bonds is 3. The molecule has 1 aromatic rings. The van der Waals surface area contributed by atoms with Gasteiger partial charge in [-0.25, -0.2) is 5.84 Å². The summed E-state index contributed by atoms with van der Waals surface area (Å²) in [5.74, 6) is 5.31. The second kappa shape index (κ2) is 4.58. The minimum atomic E-state index is -0.994. The van der Waals surface area contributed by atoms with Gasteiger partial charge in [0.05, 0.1) is 0 Å². The highest BCUT2D eigenvalue weighted by Gasteiger charge is 2.13. The van der Waals surface area contributed by atoms with Gasteiger partial charge in [0.25, 0.3) is 0 Å². The van der Waals surface area contributed by atoms with Gasteiger partial charge in [0.2, 0.25) is 0 Å². The minimum absolute atomic E-state index is 0.337. The average Bonchev–Trinajstić information content (AvgIpc) is 2.01. The molecule has 0 amide bonds. The number of hydrogen-bond donors (Lipinski definition) is 1. The Hall–Kier alpha value is -0.860. The van der Waals surface area contributed by atoms with Crippen molar-refractivity contribution in [2.75, 3.05) is 5.17 Å². The maximum absolute atomic E-state index is 10.0. The highest BCUT2D eigenvalue weighted by Crippen LogP contribution is 2.32. The first-order chi connectivity index (χ1) is 6.52.